The quantitative estimate of drug-likeness (QED) is 0.748. The molecule has 2 N–H and O–H groups in total. The van der Waals surface area contributed by atoms with E-state index in [9.17, 15) is 13.2 Å². The van der Waals surface area contributed by atoms with Crippen LogP contribution in [0.2, 0.25) is 0 Å². The van der Waals surface area contributed by atoms with Gasteiger partial charge in [0.2, 0.25) is 5.91 Å². The van der Waals surface area contributed by atoms with E-state index in [1.54, 1.807) is 12.1 Å². The summed E-state index contributed by atoms with van der Waals surface area (Å²) < 4.78 is 33.3. The fourth-order valence-electron chi connectivity index (χ4n) is 3.15. The van der Waals surface area contributed by atoms with E-state index < -0.39 is 10.0 Å². The molecule has 29 heavy (non-hydrogen) atoms. The predicted molar refractivity (Wildman–Crippen MR) is 114 cm³/mol. The molecule has 1 fully saturated rings. The molecule has 156 valence electrons. The summed E-state index contributed by atoms with van der Waals surface area (Å²) in [6.45, 7) is 5.27. The van der Waals surface area contributed by atoms with Crippen LogP contribution >= 0.6 is 0 Å². The zero-order chi connectivity index (χ0) is 21.0. The van der Waals surface area contributed by atoms with Crippen molar-refractivity contribution in [2.24, 2.45) is 0 Å². The SMILES string of the molecule is COc1cc(S(=O)(=O)Nc2ccc(N3CCN(C)CC3)cc2)ccc1NC(C)=O. The van der Waals surface area contributed by atoms with Crippen LogP contribution in [0.3, 0.4) is 0 Å². The normalized spacial score (nSPS) is 15.1. The van der Waals surface area contributed by atoms with Crippen molar-refractivity contribution in [2.75, 3.05) is 55.3 Å². The van der Waals surface area contributed by atoms with Crippen molar-refractivity contribution in [1.82, 2.24) is 4.90 Å². The van der Waals surface area contributed by atoms with E-state index in [2.05, 4.69) is 26.9 Å². The van der Waals surface area contributed by atoms with Crippen LogP contribution in [0, 0.1) is 0 Å². The number of carbonyl (C=O) groups is 1. The lowest BCUT2D eigenvalue weighted by Gasteiger charge is -2.34. The standard InChI is InChI=1S/C20H26N4O4S/c1-15(25)21-19-9-8-18(14-20(19)28-3)29(26,27)22-16-4-6-17(7-5-16)24-12-10-23(2)11-13-24/h4-9,14,22H,10-13H2,1-3H3,(H,21,25). The highest BCUT2D eigenvalue weighted by Gasteiger charge is 2.18. The van der Waals surface area contributed by atoms with Crippen molar-refractivity contribution in [3.8, 4) is 5.75 Å². The number of sulfonamides is 1. The van der Waals surface area contributed by atoms with Gasteiger partial charge in [-0.15, -0.1) is 0 Å². The van der Waals surface area contributed by atoms with Crippen LogP contribution in [0.25, 0.3) is 0 Å². The maximum Gasteiger partial charge on any atom is 0.262 e. The van der Waals surface area contributed by atoms with E-state index in [0.717, 1.165) is 31.9 Å². The molecule has 1 saturated heterocycles. The van der Waals surface area contributed by atoms with E-state index in [4.69, 9.17) is 4.74 Å². The van der Waals surface area contributed by atoms with Crippen LogP contribution in [0.4, 0.5) is 17.1 Å². The van der Waals surface area contributed by atoms with Crippen LogP contribution in [0.5, 0.6) is 5.75 Å². The second-order valence-corrected chi connectivity index (χ2v) is 8.67. The highest BCUT2D eigenvalue weighted by atomic mass is 32.2. The van der Waals surface area contributed by atoms with Crippen LogP contribution in [0.1, 0.15) is 6.92 Å². The molecule has 8 nitrogen and oxygen atoms in total. The number of likely N-dealkylation sites (N-methyl/N-ethyl adjacent to an activating group) is 1. The number of methoxy groups -OCH3 is 1. The summed E-state index contributed by atoms with van der Waals surface area (Å²) in [5.74, 6) is 0.00552. The van der Waals surface area contributed by atoms with Gasteiger partial charge in [-0.05, 0) is 43.4 Å². The molecular formula is C20H26N4O4S. The van der Waals surface area contributed by atoms with Crippen LogP contribution in [0.15, 0.2) is 47.4 Å². The van der Waals surface area contributed by atoms with E-state index in [1.165, 1.54) is 32.2 Å². The second kappa shape index (κ2) is 8.71. The first-order valence-electron chi connectivity index (χ1n) is 9.30. The van der Waals surface area contributed by atoms with Gasteiger partial charge in [-0.1, -0.05) is 0 Å². The minimum Gasteiger partial charge on any atom is -0.495 e. The van der Waals surface area contributed by atoms with Gasteiger partial charge in [0.05, 0.1) is 17.7 Å². The van der Waals surface area contributed by atoms with Gasteiger partial charge >= 0.3 is 0 Å². The Balaban J connectivity index is 1.74. The summed E-state index contributed by atoms with van der Waals surface area (Å²) in [5.41, 5.74) is 1.96. The van der Waals surface area contributed by atoms with Crippen LogP contribution in [-0.4, -0.2) is 59.6 Å². The van der Waals surface area contributed by atoms with Gasteiger partial charge in [-0.3, -0.25) is 9.52 Å². The maximum absolute atomic E-state index is 12.8. The lowest BCUT2D eigenvalue weighted by atomic mass is 10.2. The summed E-state index contributed by atoms with van der Waals surface area (Å²) in [4.78, 5) is 15.9. The molecule has 0 bridgehead atoms. The van der Waals surface area contributed by atoms with Gasteiger partial charge in [0.25, 0.3) is 10.0 Å². The number of rotatable bonds is 6. The number of amides is 1. The molecule has 1 amide bonds. The Labute approximate surface area is 171 Å². The number of nitrogens with one attached hydrogen (secondary N) is 2. The van der Waals surface area contributed by atoms with E-state index in [0.29, 0.717) is 11.4 Å². The molecule has 0 aliphatic carbocycles. The van der Waals surface area contributed by atoms with Crippen molar-refractivity contribution >= 4 is 33.0 Å². The van der Waals surface area contributed by atoms with Gasteiger partial charge in [0.15, 0.2) is 0 Å². The Morgan fingerprint density at radius 1 is 1.03 bits per heavy atom. The second-order valence-electron chi connectivity index (χ2n) is 6.99. The van der Waals surface area contributed by atoms with Gasteiger partial charge in [-0.25, -0.2) is 8.42 Å². The zero-order valence-electron chi connectivity index (χ0n) is 16.8. The van der Waals surface area contributed by atoms with Gasteiger partial charge in [-0.2, -0.15) is 0 Å². The molecular weight excluding hydrogens is 392 g/mol. The van der Waals surface area contributed by atoms with E-state index >= 15 is 0 Å². The average molecular weight is 419 g/mol. The average Bonchev–Trinajstić information content (AvgIpc) is 2.69. The van der Waals surface area contributed by atoms with Crippen molar-refractivity contribution in [3.05, 3.63) is 42.5 Å². The number of hydrogen-bond donors (Lipinski definition) is 2. The van der Waals surface area contributed by atoms with Crippen molar-refractivity contribution in [3.63, 3.8) is 0 Å². The Hall–Kier alpha value is -2.78. The first-order valence-corrected chi connectivity index (χ1v) is 10.8. The molecule has 0 radical (unpaired) electrons. The number of ether oxygens (including phenoxy) is 1. The Morgan fingerprint density at radius 3 is 2.28 bits per heavy atom. The smallest absolute Gasteiger partial charge is 0.262 e. The number of carbonyl (C=O) groups excluding carboxylic acids is 1. The molecule has 3 rings (SSSR count). The molecule has 1 aliphatic rings. The largest absolute Gasteiger partial charge is 0.495 e. The van der Waals surface area contributed by atoms with Crippen molar-refractivity contribution in [1.29, 1.82) is 0 Å². The third-order valence-electron chi connectivity index (χ3n) is 4.78. The Morgan fingerprint density at radius 2 is 1.69 bits per heavy atom. The topological polar surface area (TPSA) is 91.0 Å². The summed E-state index contributed by atoms with van der Waals surface area (Å²) in [6, 6.07) is 11.7. The predicted octanol–water partition coefficient (Wildman–Crippen LogP) is 2.21. The molecule has 0 atom stereocenters. The minimum atomic E-state index is -3.80. The number of anilines is 3. The molecule has 2 aromatic carbocycles. The number of benzene rings is 2. The number of nitrogens with zero attached hydrogens (tertiary/aromatic N) is 2. The zero-order valence-corrected chi connectivity index (χ0v) is 17.6. The third-order valence-corrected chi connectivity index (χ3v) is 6.16. The van der Waals surface area contributed by atoms with E-state index in [1.807, 2.05) is 12.1 Å². The molecule has 0 aromatic heterocycles. The first kappa shape index (κ1) is 20.9. The lowest BCUT2D eigenvalue weighted by Crippen LogP contribution is -2.44. The minimum absolute atomic E-state index is 0.0478. The molecule has 1 heterocycles. The van der Waals surface area contributed by atoms with Crippen molar-refractivity contribution in [2.45, 2.75) is 11.8 Å². The molecule has 2 aromatic rings. The summed E-state index contributed by atoms with van der Waals surface area (Å²) >= 11 is 0. The lowest BCUT2D eigenvalue weighted by molar-refractivity contribution is -0.114. The first-order chi connectivity index (χ1) is 13.8. The molecule has 9 heteroatoms. The molecule has 0 unspecified atom stereocenters. The molecule has 0 spiro atoms. The highest BCUT2D eigenvalue weighted by molar-refractivity contribution is 7.92. The van der Waals surface area contributed by atoms with E-state index in [-0.39, 0.29) is 16.6 Å². The molecule has 1 aliphatic heterocycles. The summed E-state index contributed by atoms with van der Waals surface area (Å²) in [5, 5.41) is 2.61. The van der Waals surface area contributed by atoms with Crippen LogP contribution < -0.4 is 19.7 Å². The van der Waals surface area contributed by atoms with Gasteiger partial charge in [0.1, 0.15) is 5.75 Å². The number of piperazine rings is 1. The fourth-order valence-corrected chi connectivity index (χ4v) is 4.22. The Bertz CT molecular complexity index is 968. The third kappa shape index (κ3) is 5.18. The molecule has 0 saturated carbocycles. The van der Waals surface area contributed by atoms with Gasteiger partial charge in [0, 0.05) is 50.5 Å². The summed E-state index contributed by atoms with van der Waals surface area (Å²) in [7, 11) is -0.277. The summed E-state index contributed by atoms with van der Waals surface area (Å²) in [6.07, 6.45) is 0. The number of hydrogen-bond acceptors (Lipinski definition) is 6. The fraction of sp³-hybridized carbons (Fsp3) is 0.350. The Kier molecular flexibility index (Phi) is 6.29. The maximum atomic E-state index is 12.8. The van der Waals surface area contributed by atoms with Crippen molar-refractivity contribution < 1.29 is 17.9 Å². The monoisotopic (exact) mass is 418 g/mol. The van der Waals surface area contributed by atoms with Crippen LogP contribution in [-0.2, 0) is 14.8 Å². The highest BCUT2D eigenvalue weighted by Crippen LogP contribution is 2.29. The van der Waals surface area contributed by atoms with Gasteiger partial charge < -0.3 is 19.9 Å².